The minimum absolute atomic E-state index is 0.00342. The Hall–Kier alpha value is -4.40. The lowest BCUT2D eigenvalue weighted by Gasteiger charge is -2.21. The molecule has 37 heavy (non-hydrogen) atoms. The van der Waals surface area contributed by atoms with Gasteiger partial charge >= 0.3 is 11.9 Å². The van der Waals surface area contributed by atoms with Crippen molar-refractivity contribution < 1.29 is 39.3 Å². The lowest BCUT2D eigenvalue weighted by atomic mass is 10.0. The van der Waals surface area contributed by atoms with Gasteiger partial charge < -0.3 is 48.5 Å². The van der Waals surface area contributed by atoms with E-state index in [0.717, 1.165) is 0 Å². The number of carboxylic acids is 2. The summed E-state index contributed by atoms with van der Waals surface area (Å²) >= 11 is 0. The molecule has 1 rings (SSSR count). The maximum Gasteiger partial charge on any atom is 0.326 e. The van der Waals surface area contributed by atoms with E-state index in [4.69, 9.17) is 27.4 Å². The van der Waals surface area contributed by atoms with Crippen molar-refractivity contribution in [2.45, 2.75) is 50.2 Å². The van der Waals surface area contributed by atoms with Crippen LogP contribution in [0, 0.1) is 0 Å². The Morgan fingerprint density at radius 3 is 2.14 bits per heavy atom. The molecule has 3 unspecified atom stereocenters. The number of nitrogens with two attached hydrogens (primary N) is 3. The number of hydrogen-bond acceptors (Lipinski definition) is 8. The molecule has 0 aliphatic rings. The van der Waals surface area contributed by atoms with Gasteiger partial charge in [-0.15, -0.1) is 0 Å². The van der Waals surface area contributed by atoms with E-state index in [1.807, 2.05) is 0 Å². The first-order chi connectivity index (χ1) is 17.4. The smallest absolute Gasteiger partial charge is 0.326 e. The highest BCUT2D eigenvalue weighted by atomic mass is 16.4. The zero-order valence-electron chi connectivity index (χ0n) is 20.1. The first-order valence-corrected chi connectivity index (χ1v) is 11.3. The van der Waals surface area contributed by atoms with E-state index < -0.39 is 60.8 Å². The fourth-order valence-corrected chi connectivity index (χ4v) is 3.07. The van der Waals surface area contributed by atoms with Crippen molar-refractivity contribution in [2.75, 3.05) is 13.1 Å². The molecule has 0 bridgehead atoms. The van der Waals surface area contributed by atoms with Crippen LogP contribution >= 0.6 is 0 Å². The van der Waals surface area contributed by atoms with Crippen LogP contribution in [-0.4, -0.2) is 82.2 Å². The molecular weight excluding hydrogens is 490 g/mol. The Kier molecular flexibility index (Phi) is 12.9. The highest BCUT2D eigenvalue weighted by molar-refractivity contribution is 5.92. The van der Waals surface area contributed by atoms with Crippen LogP contribution < -0.4 is 33.2 Å². The topological polar surface area (TPSA) is 273 Å². The first kappa shape index (κ1) is 30.6. The van der Waals surface area contributed by atoms with E-state index >= 15 is 0 Å². The average Bonchev–Trinajstić information content (AvgIpc) is 2.83. The molecule has 3 atom stereocenters. The number of guanidine groups is 1. The number of aromatic hydroxyl groups is 1. The Morgan fingerprint density at radius 1 is 0.919 bits per heavy atom. The van der Waals surface area contributed by atoms with Gasteiger partial charge in [-0.2, -0.15) is 0 Å². The zero-order chi connectivity index (χ0) is 28.0. The standard InChI is InChI=1S/C22H33N7O8/c23-14(2-1-9-26-22(24)25)19(34)29-16(10-12-3-5-13(30)6-4-12)20(35)27-11-17(31)28-15(21(36)37)7-8-18(32)33/h3-6,14-16,30H,1-2,7-11,23H2,(H,27,35)(H,28,31)(H,29,34)(H,32,33)(H,36,37)(H4,24,25,26). The van der Waals surface area contributed by atoms with Gasteiger partial charge in [0.2, 0.25) is 17.7 Å². The molecule has 0 aliphatic heterocycles. The molecule has 1 aromatic carbocycles. The Labute approximate surface area is 212 Å². The van der Waals surface area contributed by atoms with E-state index in [2.05, 4.69) is 20.9 Å². The molecule has 0 fully saturated rings. The van der Waals surface area contributed by atoms with Gasteiger partial charge in [0, 0.05) is 19.4 Å². The molecule has 0 saturated carbocycles. The quantitative estimate of drug-likeness (QED) is 0.0613. The number of aliphatic imine (C=N–C) groups is 1. The first-order valence-electron chi connectivity index (χ1n) is 11.3. The molecule has 15 nitrogen and oxygen atoms in total. The number of phenols is 1. The predicted molar refractivity (Wildman–Crippen MR) is 131 cm³/mol. The number of rotatable bonds is 16. The number of carbonyl (C=O) groups excluding carboxylic acids is 3. The van der Waals surface area contributed by atoms with Crippen molar-refractivity contribution in [3.63, 3.8) is 0 Å². The number of nitrogens with zero attached hydrogens (tertiary/aromatic N) is 1. The van der Waals surface area contributed by atoms with Crippen molar-refractivity contribution in [3.05, 3.63) is 29.8 Å². The fourth-order valence-electron chi connectivity index (χ4n) is 3.07. The molecule has 0 radical (unpaired) electrons. The van der Waals surface area contributed by atoms with Crippen molar-refractivity contribution in [3.8, 4) is 5.75 Å². The maximum atomic E-state index is 12.8. The summed E-state index contributed by atoms with van der Waals surface area (Å²) in [5, 5.41) is 34.3. The second kappa shape index (κ2) is 15.6. The molecule has 15 heteroatoms. The summed E-state index contributed by atoms with van der Waals surface area (Å²) in [5.74, 6) is -4.98. The van der Waals surface area contributed by atoms with Gasteiger partial charge in [-0.3, -0.25) is 24.2 Å². The third kappa shape index (κ3) is 12.7. The van der Waals surface area contributed by atoms with Crippen molar-refractivity contribution >= 4 is 35.6 Å². The minimum atomic E-state index is -1.45. The normalized spacial score (nSPS) is 12.9. The molecule has 0 saturated heterocycles. The number of phenolic OH excluding ortho intramolecular Hbond substituents is 1. The van der Waals surface area contributed by atoms with Crippen LogP contribution in [0.4, 0.5) is 0 Å². The highest BCUT2D eigenvalue weighted by Gasteiger charge is 2.26. The Morgan fingerprint density at radius 2 is 1.57 bits per heavy atom. The molecule has 0 heterocycles. The summed E-state index contributed by atoms with van der Waals surface area (Å²) in [6, 6.07) is 2.31. The molecule has 204 valence electrons. The van der Waals surface area contributed by atoms with Gasteiger partial charge in [-0.25, -0.2) is 4.79 Å². The van der Waals surface area contributed by atoms with Gasteiger partial charge in [0.05, 0.1) is 12.6 Å². The van der Waals surface area contributed by atoms with Crippen LogP contribution in [0.1, 0.15) is 31.2 Å². The third-order valence-electron chi connectivity index (χ3n) is 5.02. The van der Waals surface area contributed by atoms with Gasteiger partial charge in [-0.05, 0) is 37.0 Å². The number of carbonyl (C=O) groups is 5. The fraction of sp³-hybridized carbons (Fsp3) is 0.455. The Bertz CT molecular complexity index is 980. The average molecular weight is 524 g/mol. The Balaban J connectivity index is 2.80. The summed E-state index contributed by atoms with van der Waals surface area (Å²) in [4.78, 5) is 63.3. The largest absolute Gasteiger partial charge is 0.508 e. The molecule has 1 aromatic rings. The number of nitrogens with one attached hydrogen (secondary N) is 3. The molecule has 0 aliphatic carbocycles. The summed E-state index contributed by atoms with van der Waals surface area (Å²) in [7, 11) is 0. The van der Waals surface area contributed by atoms with E-state index in [0.29, 0.717) is 12.0 Å². The SMILES string of the molecule is NC(N)=NCCCC(N)C(=O)NC(Cc1ccc(O)cc1)C(=O)NCC(=O)NC(CCC(=O)O)C(=O)O. The number of hydrogen-bond donors (Lipinski definition) is 9. The lowest BCUT2D eigenvalue weighted by molar-refractivity contribution is -0.143. The van der Waals surface area contributed by atoms with Gasteiger partial charge in [0.1, 0.15) is 17.8 Å². The predicted octanol–water partition coefficient (Wildman–Crippen LogP) is -2.65. The van der Waals surface area contributed by atoms with Crippen LogP contribution in [0.5, 0.6) is 5.75 Å². The highest BCUT2D eigenvalue weighted by Crippen LogP contribution is 2.12. The summed E-state index contributed by atoms with van der Waals surface area (Å²) in [5.41, 5.74) is 17.0. The maximum absolute atomic E-state index is 12.8. The second-order valence-corrected chi connectivity index (χ2v) is 8.10. The summed E-state index contributed by atoms with van der Waals surface area (Å²) in [6.45, 7) is -0.359. The van der Waals surface area contributed by atoms with Crippen LogP contribution in [0.25, 0.3) is 0 Å². The van der Waals surface area contributed by atoms with Crippen molar-refractivity contribution in [2.24, 2.45) is 22.2 Å². The van der Waals surface area contributed by atoms with Crippen molar-refractivity contribution in [1.29, 1.82) is 0 Å². The summed E-state index contributed by atoms with van der Waals surface area (Å²) < 4.78 is 0. The molecule has 0 aromatic heterocycles. The number of amides is 3. The molecular formula is C22H33N7O8. The van der Waals surface area contributed by atoms with Crippen LogP contribution in [-0.2, 0) is 30.4 Å². The van der Waals surface area contributed by atoms with E-state index in [1.165, 1.54) is 12.1 Å². The van der Waals surface area contributed by atoms with E-state index in [-0.39, 0.29) is 37.5 Å². The number of carboxylic acid groups (broad SMARTS) is 2. The lowest BCUT2D eigenvalue weighted by Crippen LogP contribution is -2.54. The van der Waals surface area contributed by atoms with Gasteiger partial charge in [-0.1, -0.05) is 12.1 Å². The van der Waals surface area contributed by atoms with Crippen LogP contribution in [0.15, 0.2) is 29.3 Å². The summed E-state index contributed by atoms with van der Waals surface area (Å²) in [6.07, 6.45) is -0.183. The molecule has 12 N–H and O–H groups in total. The number of benzene rings is 1. The van der Waals surface area contributed by atoms with Crippen LogP contribution in [0.3, 0.4) is 0 Å². The molecule has 3 amide bonds. The third-order valence-corrected chi connectivity index (χ3v) is 5.02. The molecule has 0 spiro atoms. The van der Waals surface area contributed by atoms with Crippen LogP contribution in [0.2, 0.25) is 0 Å². The minimum Gasteiger partial charge on any atom is -0.508 e. The van der Waals surface area contributed by atoms with E-state index in [9.17, 15) is 29.1 Å². The zero-order valence-corrected chi connectivity index (χ0v) is 20.1. The second-order valence-electron chi connectivity index (χ2n) is 8.10. The number of aliphatic carboxylic acids is 2. The van der Waals surface area contributed by atoms with E-state index in [1.54, 1.807) is 12.1 Å². The monoisotopic (exact) mass is 523 g/mol. The van der Waals surface area contributed by atoms with Crippen molar-refractivity contribution in [1.82, 2.24) is 16.0 Å². The van der Waals surface area contributed by atoms with Gasteiger partial charge in [0.25, 0.3) is 0 Å². The van der Waals surface area contributed by atoms with Gasteiger partial charge in [0.15, 0.2) is 5.96 Å².